The smallest absolute Gasteiger partial charge is 0.394 e. The number of hydrogen-bond acceptors (Lipinski definition) is 2. The Labute approximate surface area is 151 Å². The first-order valence-corrected chi connectivity index (χ1v) is 7.08. The van der Waals surface area contributed by atoms with Crippen molar-refractivity contribution in [3.05, 3.63) is 0 Å². The first kappa shape index (κ1) is 27.9. The van der Waals surface area contributed by atoms with Gasteiger partial charge in [0, 0.05) is 0 Å². The topological polar surface area (TPSA) is 29.5 Å². The molecule has 0 amide bonds. The zero-order valence-electron chi connectivity index (χ0n) is 13.7. The van der Waals surface area contributed by atoms with Crippen LogP contribution in [0.2, 0.25) is 0 Å². The molecule has 0 saturated heterocycles. The molecular formula is C12H11F15O2. The summed E-state index contributed by atoms with van der Waals surface area (Å²) in [6.07, 6.45) is -12.8. The fourth-order valence-corrected chi connectivity index (χ4v) is 1.70. The van der Waals surface area contributed by atoms with Gasteiger partial charge in [0.1, 0.15) is 0 Å². The highest BCUT2D eigenvalue weighted by Gasteiger charge is 2.93. The number of halogens is 15. The molecule has 1 N–H and O–H groups in total. The molecule has 0 fully saturated rings. The Morgan fingerprint density at radius 3 is 1.34 bits per heavy atom. The lowest BCUT2D eigenvalue weighted by atomic mass is 9.89. The highest BCUT2D eigenvalue weighted by Crippen LogP contribution is 2.62. The van der Waals surface area contributed by atoms with Crippen LogP contribution in [0, 0.1) is 0 Å². The second-order valence-electron chi connectivity index (χ2n) is 5.46. The predicted molar refractivity (Wildman–Crippen MR) is 62.9 cm³/mol. The summed E-state index contributed by atoms with van der Waals surface area (Å²) >= 11 is 0. The fraction of sp³-hybridized carbons (Fsp3) is 1.00. The number of alkyl halides is 15. The van der Waals surface area contributed by atoms with Crippen molar-refractivity contribution in [1.29, 1.82) is 0 Å². The van der Waals surface area contributed by atoms with E-state index in [0.29, 0.717) is 6.92 Å². The van der Waals surface area contributed by atoms with Crippen LogP contribution in [0.25, 0.3) is 0 Å². The summed E-state index contributed by atoms with van der Waals surface area (Å²) < 4.78 is 201. The van der Waals surface area contributed by atoms with Gasteiger partial charge in [-0.2, -0.15) is 61.5 Å². The predicted octanol–water partition coefficient (Wildman–Crippen LogP) is 5.15. The SMILES string of the molecule is CCC(F)C(F)(F)C(F)(F)C(F)(F)C(F)(F)C(F)(F)C(F)(F)C(F)(F)OCCO. The van der Waals surface area contributed by atoms with E-state index in [1.807, 2.05) is 0 Å². The molecule has 0 aliphatic carbocycles. The van der Waals surface area contributed by atoms with Crippen molar-refractivity contribution in [2.45, 2.75) is 61.2 Å². The molecule has 0 heterocycles. The van der Waals surface area contributed by atoms with Crippen LogP contribution in [0.4, 0.5) is 65.9 Å². The molecule has 0 rings (SSSR count). The second kappa shape index (κ2) is 7.85. The Kier molecular flexibility index (Phi) is 7.54. The normalized spacial score (nSPS) is 16.9. The van der Waals surface area contributed by atoms with Gasteiger partial charge in [-0.25, -0.2) is 4.39 Å². The highest BCUT2D eigenvalue weighted by atomic mass is 19.4. The third-order valence-corrected chi connectivity index (χ3v) is 3.49. The van der Waals surface area contributed by atoms with Gasteiger partial charge in [-0.1, -0.05) is 6.92 Å². The zero-order valence-corrected chi connectivity index (χ0v) is 13.7. The van der Waals surface area contributed by atoms with Gasteiger partial charge in [0.15, 0.2) is 6.17 Å². The van der Waals surface area contributed by atoms with E-state index in [1.165, 1.54) is 0 Å². The van der Waals surface area contributed by atoms with Gasteiger partial charge in [-0.3, -0.25) is 0 Å². The van der Waals surface area contributed by atoms with Gasteiger partial charge in [0.25, 0.3) is 0 Å². The molecule has 17 heteroatoms. The van der Waals surface area contributed by atoms with Gasteiger partial charge in [-0.15, -0.1) is 0 Å². The number of aliphatic hydroxyl groups is 1. The molecule has 0 aliphatic rings. The lowest BCUT2D eigenvalue weighted by molar-refractivity contribution is -0.468. The van der Waals surface area contributed by atoms with Crippen LogP contribution in [0.3, 0.4) is 0 Å². The Bertz CT molecular complexity index is 560. The first-order chi connectivity index (χ1) is 12.5. The minimum absolute atomic E-state index is 0.326. The van der Waals surface area contributed by atoms with Crippen LogP contribution < -0.4 is 0 Å². The number of aliphatic hydroxyl groups excluding tert-OH is 1. The number of rotatable bonds is 11. The van der Waals surface area contributed by atoms with Crippen molar-refractivity contribution < 1.29 is 75.7 Å². The summed E-state index contributed by atoms with van der Waals surface area (Å²) in [5, 5.41) is 8.08. The molecule has 0 saturated carbocycles. The summed E-state index contributed by atoms with van der Waals surface area (Å²) in [7, 11) is 0. The molecular weight excluding hydrogens is 461 g/mol. The molecule has 1 unspecified atom stereocenters. The monoisotopic (exact) mass is 472 g/mol. The van der Waals surface area contributed by atoms with E-state index in [4.69, 9.17) is 5.11 Å². The largest absolute Gasteiger partial charge is 0.426 e. The maximum absolute atomic E-state index is 13.4. The van der Waals surface area contributed by atoms with Gasteiger partial charge in [-0.05, 0) is 6.42 Å². The third kappa shape index (κ3) is 3.83. The van der Waals surface area contributed by atoms with Crippen LogP contribution in [0.1, 0.15) is 13.3 Å². The summed E-state index contributed by atoms with van der Waals surface area (Å²) in [6.45, 7) is -3.20. The van der Waals surface area contributed by atoms with Crippen molar-refractivity contribution in [2.24, 2.45) is 0 Å². The summed E-state index contributed by atoms with van der Waals surface area (Å²) in [6, 6.07) is 0. The van der Waals surface area contributed by atoms with Crippen molar-refractivity contribution in [3.8, 4) is 0 Å². The van der Waals surface area contributed by atoms with E-state index < -0.39 is 67.5 Å². The fourth-order valence-electron chi connectivity index (χ4n) is 1.70. The van der Waals surface area contributed by atoms with Crippen molar-refractivity contribution in [3.63, 3.8) is 0 Å². The quantitative estimate of drug-likeness (QED) is 0.422. The lowest BCUT2D eigenvalue weighted by Gasteiger charge is -2.42. The average Bonchev–Trinajstić information content (AvgIpc) is 2.57. The molecule has 29 heavy (non-hydrogen) atoms. The van der Waals surface area contributed by atoms with E-state index >= 15 is 0 Å². The maximum atomic E-state index is 13.4. The molecule has 0 aromatic carbocycles. The Hall–Kier alpha value is -1.13. The molecule has 1 atom stereocenters. The molecule has 176 valence electrons. The van der Waals surface area contributed by atoms with Crippen molar-refractivity contribution >= 4 is 0 Å². The maximum Gasteiger partial charge on any atom is 0.426 e. The molecule has 0 aliphatic heterocycles. The minimum atomic E-state index is -8.28. The molecule has 2 nitrogen and oxygen atoms in total. The van der Waals surface area contributed by atoms with Crippen LogP contribution in [-0.4, -0.2) is 66.1 Å². The average molecular weight is 472 g/mol. The lowest BCUT2D eigenvalue weighted by Crippen LogP contribution is -2.74. The van der Waals surface area contributed by atoms with E-state index in [9.17, 15) is 65.9 Å². The van der Waals surface area contributed by atoms with Crippen LogP contribution in [0.5, 0.6) is 0 Å². The Balaban J connectivity index is 6.49. The van der Waals surface area contributed by atoms with Gasteiger partial charge in [0.05, 0.1) is 13.2 Å². The summed E-state index contributed by atoms with van der Waals surface area (Å²) in [5.41, 5.74) is 0. The highest BCUT2D eigenvalue weighted by molar-refractivity contribution is 5.14. The molecule has 0 aromatic heterocycles. The van der Waals surface area contributed by atoms with E-state index in [0.717, 1.165) is 0 Å². The second-order valence-corrected chi connectivity index (χ2v) is 5.46. The van der Waals surface area contributed by atoms with E-state index in [1.54, 1.807) is 0 Å². The molecule has 0 aromatic rings. The van der Waals surface area contributed by atoms with Crippen LogP contribution in [-0.2, 0) is 4.74 Å². The minimum Gasteiger partial charge on any atom is -0.394 e. The van der Waals surface area contributed by atoms with Gasteiger partial charge >= 0.3 is 41.6 Å². The standard InChI is InChI=1S/C12H11F15O2/c1-2-5(13)6(14,15)7(16,17)8(18,19)9(20,21)10(22,23)11(24,25)12(26,27)29-4-3-28/h5,28H,2-4H2,1H3. The van der Waals surface area contributed by atoms with E-state index in [-0.39, 0.29) is 0 Å². The summed E-state index contributed by atoms with van der Waals surface area (Å²) in [5.74, 6) is -46.8. The summed E-state index contributed by atoms with van der Waals surface area (Å²) in [4.78, 5) is 0. The van der Waals surface area contributed by atoms with Gasteiger partial charge < -0.3 is 9.84 Å². The van der Waals surface area contributed by atoms with Crippen molar-refractivity contribution in [1.82, 2.24) is 0 Å². The Morgan fingerprint density at radius 1 is 0.655 bits per heavy atom. The number of hydrogen-bond donors (Lipinski definition) is 1. The molecule has 0 radical (unpaired) electrons. The molecule has 0 bridgehead atoms. The number of ether oxygens (including phenoxy) is 1. The third-order valence-electron chi connectivity index (χ3n) is 3.49. The Morgan fingerprint density at radius 2 is 1.00 bits per heavy atom. The van der Waals surface area contributed by atoms with Crippen LogP contribution in [0.15, 0.2) is 0 Å². The van der Waals surface area contributed by atoms with Gasteiger partial charge in [0.2, 0.25) is 0 Å². The van der Waals surface area contributed by atoms with E-state index in [2.05, 4.69) is 4.74 Å². The molecule has 0 spiro atoms. The zero-order chi connectivity index (χ0) is 23.9. The van der Waals surface area contributed by atoms with Crippen LogP contribution >= 0.6 is 0 Å². The first-order valence-electron chi connectivity index (χ1n) is 7.08. The van der Waals surface area contributed by atoms with Crippen molar-refractivity contribution in [2.75, 3.05) is 13.2 Å².